The topological polar surface area (TPSA) is 53.2 Å². The van der Waals surface area contributed by atoms with Crippen LogP contribution >= 0.6 is 21.6 Å². The Hall–Kier alpha value is 0.110. The van der Waals surface area contributed by atoms with Crippen molar-refractivity contribution >= 4 is 21.6 Å². The second-order valence-electron chi connectivity index (χ2n) is 3.63. The lowest BCUT2D eigenvalue weighted by atomic mass is 9.89. The van der Waals surface area contributed by atoms with E-state index in [2.05, 4.69) is 19.9 Å². The monoisotopic (exact) mass is 249 g/mol. The molecule has 0 rings (SSSR count). The first kappa shape index (κ1) is 15.1. The van der Waals surface area contributed by atoms with Crippen LogP contribution in [0.3, 0.4) is 0 Å². The van der Waals surface area contributed by atoms with E-state index in [1.807, 2.05) is 6.92 Å². The van der Waals surface area contributed by atoms with Crippen molar-refractivity contribution in [2.24, 2.45) is 5.41 Å². The lowest BCUT2D eigenvalue weighted by Crippen LogP contribution is -2.28. The van der Waals surface area contributed by atoms with Crippen LogP contribution in [0, 0.1) is 16.7 Å². The molecule has 0 radical (unpaired) electrons. The maximum absolute atomic E-state index is 9.11. The summed E-state index contributed by atoms with van der Waals surface area (Å²) in [5.74, 6) is 0.562. The highest BCUT2D eigenvalue weighted by Crippen LogP contribution is 2.27. The zero-order valence-corrected chi connectivity index (χ0v) is 11.2. The van der Waals surface area contributed by atoms with Gasteiger partial charge in [-0.1, -0.05) is 42.4 Å². The van der Waals surface area contributed by atoms with E-state index in [4.69, 9.17) is 15.1 Å². The number of ether oxygens (including phenoxy) is 1. The number of aliphatic hydroxyl groups is 1. The van der Waals surface area contributed by atoms with Crippen molar-refractivity contribution in [2.75, 3.05) is 19.2 Å². The highest BCUT2D eigenvalue weighted by molar-refractivity contribution is 8.76. The van der Waals surface area contributed by atoms with Gasteiger partial charge in [0.1, 0.15) is 11.4 Å². The van der Waals surface area contributed by atoms with Crippen LogP contribution in [-0.4, -0.2) is 29.5 Å². The van der Waals surface area contributed by atoms with Crippen LogP contribution in [-0.2, 0) is 4.74 Å². The SMILES string of the molecule is CCC(C#N)(CO)COCSSC(C)C. The summed E-state index contributed by atoms with van der Waals surface area (Å²) in [4.78, 5) is 0. The van der Waals surface area contributed by atoms with Crippen molar-refractivity contribution < 1.29 is 9.84 Å². The van der Waals surface area contributed by atoms with Gasteiger partial charge in [-0.2, -0.15) is 5.26 Å². The normalized spacial score (nSPS) is 14.9. The van der Waals surface area contributed by atoms with Gasteiger partial charge in [0, 0.05) is 5.25 Å². The van der Waals surface area contributed by atoms with Crippen LogP contribution < -0.4 is 0 Å². The Morgan fingerprint density at radius 1 is 1.53 bits per heavy atom. The Morgan fingerprint density at radius 2 is 2.20 bits per heavy atom. The van der Waals surface area contributed by atoms with Crippen LogP contribution in [0.5, 0.6) is 0 Å². The lowest BCUT2D eigenvalue weighted by molar-refractivity contribution is 0.0586. The van der Waals surface area contributed by atoms with E-state index >= 15 is 0 Å². The Balaban J connectivity index is 3.69. The van der Waals surface area contributed by atoms with Crippen LogP contribution in [0.25, 0.3) is 0 Å². The average molecular weight is 249 g/mol. The van der Waals surface area contributed by atoms with Crippen molar-refractivity contribution in [3.63, 3.8) is 0 Å². The zero-order valence-electron chi connectivity index (χ0n) is 9.52. The van der Waals surface area contributed by atoms with Gasteiger partial charge in [-0.15, -0.1) is 0 Å². The van der Waals surface area contributed by atoms with E-state index in [9.17, 15) is 0 Å². The van der Waals surface area contributed by atoms with Crippen molar-refractivity contribution in [2.45, 2.75) is 32.4 Å². The molecule has 0 bridgehead atoms. The van der Waals surface area contributed by atoms with Crippen molar-refractivity contribution in [3.05, 3.63) is 0 Å². The quantitative estimate of drug-likeness (QED) is 0.407. The molecule has 0 fully saturated rings. The fourth-order valence-electron chi connectivity index (χ4n) is 0.841. The van der Waals surface area contributed by atoms with E-state index in [1.54, 1.807) is 21.6 Å². The third kappa shape index (κ3) is 6.31. The molecule has 0 aromatic carbocycles. The van der Waals surface area contributed by atoms with Gasteiger partial charge in [-0.25, -0.2) is 0 Å². The molecule has 0 saturated heterocycles. The fourth-order valence-corrected chi connectivity index (χ4v) is 2.51. The molecule has 0 aromatic rings. The minimum atomic E-state index is -0.719. The summed E-state index contributed by atoms with van der Waals surface area (Å²) in [5.41, 5.74) is -0.719. The predicted octanol–water partition coefficient (Wildman–Crippen LogP) is 2.66. The molecule has 0 saturated carbocycles. The molecule has 0 heterocycles. The molecular weight excluding hydrogens is 230 g/mol. The Morgan fingerprint density at radius 3 is 2.60 bits per heavy atom. The van der Waals surface area contributed by atoms with Crippen molar-refractivity contribution in [3.8, 4) is 6.07 Å². The summed E-state index contributed by atoms with van der Waals surface area (Å²) < 4.78 is 5.38. The number of nitriles is 1. The number of nitrogens with zero attached hydrogens (tertiary/aromatic N) is 1. The van der Waals surface area contributed by atoms with E-state index in [0.717, 1.165) is 0 Å². The second-order valence-corrected chi connectivity index (χ2v) is 6.52. The summed E-state index contributed by atoms with van der Waals surface area (Å²) in [6.45, 7) is 6.30. The molecule has 15 heavy (non-hydrogen) atoms. The van der Waals surface area contributed by atoms with Gasteiger partial charge >= 0.3 is 0 Å². The molecule has 0 aliphatic heterocycles. The van der Waals surface area contributed by atoms with Gasteiger partial charge in [-0.3, -0.25) is 0 Å². The molecule has 1 unspecified atom stereocenters. The maximum Gasteiger partial charge on any atom is 0.103 e. The molecule has 1 N–H and O–H groups in total. The minimum absolute atomic E-state index is 0.137. The first-order valence-electron chi connectivity index (χ1n) is 4.98. The maximum atomic E-state index is 9.11. The molecule has 5 heteroatoms. The van der Waals surface area contributed by atoms with Crippen LogP contribution in [0.2, 0.25) is 0 Å². The van der Waals surface area contributed by atoms with Crippen LogP contribution in [0.4, 0.5) is 0 Å². The largest absolute Gasteiger partial charge is 0.395 e. The molecule has 0 aliphatic rings. The van der Waals surface area contributed by atoms with Crippen molar-refractivity contribution in [1.29, 1.82) is 5.26 Å². The minimum Gasteiger partial charge on any atom is -0.395 e. The van der Waals surface area contributed by atoms with E-state index in [-0.39, 0.29) is 6.61 Å². The first-order valence-corrected chi connectivity index (χ1v) is 7.36. The molecule has 0 aliphatic carbocycles. The standard InChI is InChI=1S/C10H19NO2S2/c1-4-10(5-11,6-12)7-13-8-14-15-9(2)3/h9,12H,4,6-8H2,1-3H3. The van der Waals surface area contributed by atoms with Gasteiger partial charge in [0.2, 0.25) is 0 Å². The van der Waals surface area contributed by atoms with Crippen LogP contribution in [0.15, 0.2) is 0 Å². The molecule has 0 spiro atoms. The summed E-state index contributed by atoms with van der Waals surface area (Å²) >= 11 is 0. The third-order valence-corrected chi connectivity index (χ3v) is 4.62. The van der Waals surface area contributed by atoms with E-state index < -0.39 is 5.41 Å². The summed E-state index contributed by atoms with van der Waals surface area (Å²) in [6, 6.07) is 2.12. The van der Waals surface area contributed by atoms with Crippen molar-refractivity contribution in [1.82, 2.24) is 0 Å². The summed E-state index contributed by atoms with van der Waals surface area (Å²) in [7, 11) is 3.39. The van der Waals surface area contributed by atoms with E-state index in [1.165, 1.54) is 0 Å². The Labute approximate surface area is 100.0 Å². The van der Waals surface area contributed by atoms with Gasteiger partial charge in [0.25, 0.3) is 0 Å². The molecule has 0 amide bonds. The molecule has 88 valence electrons. The first-order chi connectivity index (χ1) is 7.10. The smallest absolute Gasteiger partial charge is 0.103 e. The third-order valence-electron chi connectivity index (χ3n) is 1.99. The van der Waals surface area contributed by atoms with Gasteiger partial charge in [0.05, 0.1) is 19.3 Å². The molecule has 1 atom stereocenters. The van der Waals surface area contributed by atoms with Gasteiger partial charge in [-0.05, 0) is 6.42 Å². The molecule has 0 aromatic heterocycles. The van der Waals surface area contributed by atoms with Gasteiger partial charge in [0.15, 0.2) is 0 Å². The van der Waals surface area contributed by atoms with Crippen LogP contribution in [0.1, 0.15) is 27.2 Å². The number of rotatable bonds is 8. The summed E-state index contributed by atoms with van der Waals surface area (Å²) in [6.07, 6.45) is 0.613. The average Bonchev–Trinajstić information content (AvgIpc) is 2.24. The summed E-state index contributed by atoms with van der Waals surface area (Å²) in [5, 5.41) is 18.6. The van der Waals surface area contributed by atoms with Gasteiger partial charge < -0.3 is 9.84 Å². The zero-order chi connectivity index (χ0) is 11.7. The fraction of sp³-hybridized carbons (Fsp3) is 0.900. The van der Waals surface area contributed by atoms with E-state index in [0.29, 0.717) is 24.2 Å². The lowest BCUT2D eigenvalue weighted by Gasteiger charge is -2.21. The number of hydrogen-bond donors (Lipinski definition) is 1. The number of aliphatic hydroxyl groups excluding tert-OH is 1. The Bertz CT molecular complexity index is 200. The molecule has 3 nitrogen and oxygen atoms in total. The predicted molar refractivity (Wildman–Crippen MR) is 66.6 cm³/mol. The molecular formula is C10H19NO2S2. The highest BCUT2D eigenvalue weighted by Gasteiger charge is 2.27. The highest BCUT2D eigenvalue weighted by atomic mass is 33.1. The Kier molecular flexibility index (Phi) is 8.34. The second kappa shape index (κ2) is 8.28. The number of hydrogen-bond acceptors (Lipinski definition) is 5.